The average molecular weight is 449 g/mol. The first-order valence-corrected chi connectivity index (χ1v) is 7.23. The van der Waals surface area contributed by atoms with Crippen LogP contribution in [-0.4, -0.2) is 35.8 Å². The Morgan fingerprint density at radius 2 is 2.12 bits per heavy atom. The predicted octanol–water partition coefficient (Wildman–Crippen LogP) is 2.27. The molecule has 132 valence electrons. The van der Waals surface area contributed by atoms with Gasteiger partial charge in [-0.3, -0.25) is 4.99 Å². The first-order chi connectivity index (χ1) is 11.1. The van der Waals surface area contributed by atoms with Crippen LogP contribution in [-0.2, 0) is 6.54 Å². The Hall–Kier alpha value is -1.91. The van der Waals surface area contributed by atoms with Crippen molar-refractivity contribution in [3.8, 4) is 5.75 Å². The maximum Gasteiger partial charge on any atom is 0.223 e. The van der Waals surface area contributed by atoms with Crippen molar-refractivity contribution < 1.29 is 13.7 Å². The lowest BCUT2D eigenvalue weighted by Crippen LogP contribution is -2.41. The molecule has 1 aromatic carbocycles. The molecule has 0 amide bonds. The van der Waals surface area contributed by atoms with Crippen molar-refractivity contribution >= 4 is 29.9 Å². The van der Waals surface area contributed by atoms with Gasteiger partial charge in [0.2, 0.25) is 5.89 Å². The summed E-state index contributed by atoms with van der Waals surface area (Å²) >= 11 is 0. The topological polar surface area (TPSA) is 84.6 Å². The van der Waals surface area contributed by atoms with E-state index in [0.717, 1.165) is 0 Å². The molecule has 0 spiro atoms. The summed E-state index contributed by atoms with van der Waals surface area (Å²) in [4.78, 5) is 8.17. The quantitative estimate of drug-likeness (QED) is 0.400. The zero-order valence-corrected chi connectivity index (χ0v) is 16.1. The number of hydrogen-bond donors (Lipinski definition) is 2. The third kappa shape index (κ3) is 6.30. The fourth-order valence-corrected chi connectivity index (χ4v) is 1.84. The smallest absolute Gasteiger partial charge is 0.223 e. The molecule has 2 aromatic rings. The minimum atomic E-state index is -0.380. The van der Waals surface area contributed by atoms with Crippen molar-refractivity contribution in [2.45, 2.75) is 26.5 Å². The molecule has 1 heterocycles. The fraction of sp³-hybridized carbons (Fsp3) is 0.400. The summed E-state index contributed by atoms with van der Waals surface area (Å²) in [5.74, 6) is 1.47. The number of guanidine groups is 1. The van der Waals surface area contributed by atoms with Crippen molar-refractivity contribution in [2.24, 2.45) is 4.99 Å². The number of ether oxygens (including phenoxy) is 1. The number of halogens is 2. The lowest BCUT2D eigenvalue weighted by molar-refractivity contribution is 0.214. The van der Waals surface area contributed by atoms with E-state index in [4.69, 9.17) is 9.26 Å². The highest BCUT2D eigenvalue weighted by Crippen LogP contribution is 2.16. The number of nitrogens with zero attached hydrogens (tertiary/aromatic N) is 3. The molecule has 0 saturated heterocycles. The lowest BCUT2D eigenvalue weighted by Gasteiger charge is -2.17. The first-order valence-electron chi connectivity index (χ1n) is 7.23. The number of hydrogen-bond acceptors (Lipinski definition) is 5. The van der Waals surface area contributed by atoms with Crippen LogP contribution in [0, 0.1) is 12.7 Å². The summed E-state index contributed by atoms with van der Waals surface area (Å²) in [6.07, 6.45) is -0.238. The molecule has 2 N–H and O–H groups in total. The molecule has 0 bridgehead atoms. The van der Waals surface area contributed by atoms with Gasteiger partial charge in [0.25, 0.3) is 0 Å². The molecular formula is C15H21FIN5O2. The van der Waals surface area contributed by atoms with Crippen LogP contribution in [0.5, 0.6) is 5.75 Å². The molecule has 0 radical (unpaired) electrons. The van der Waals surface area contributed by atoms with Crippen LogP contribution in [0.1, 0.15) is 18.6 Å². The Morgan fingerprint density at radius 3 is 2.75 bits per heavy atom. The monoisotopic (exact) mass is 449 g/mol. The normalized spacial score (nSPS) is 12.2. The average Bonchev–Trinajstić information content (AvgIpc) is 2.95. The van der Waals surface area contributed by atoms with E-state index in [0.29, 0.717) is 30.8 Å². The van der Waals surface area contributed by atoms with Gasteiger partial charge in [-0.25, -0.2) is 4.39 Å². The van der Waals surface area contributed by atoms with Crippen LogP contribution in [0.2, 0.25) is 0 Å². The van der Waals surface area contributed by atoms with Gasteiger partial charge in [-0.2, -0.15) is 4.98 Å². The van der Waals surface area contributed by atoms with Crippen molar-refractivity contribution in [3.63, 3.8) is 0 Å². The van der Waals surface area contributed by atoms with E-state index in [1.807, 2.05) is 6.92 Å². The fourth-order valence-electron chi connectivity index (χ4n) is 1.84. The molecule has 9 heteroatoms. The van der Waals surface area contributed by atoms with Gasteiger partial charge in [0.15, 0.2) is 23.4 Å². The zero-order valence-electron chi connectivity index (χ0n) is 13.7. The minimum absolute atomic E-state index is 0. The number of nitrogens with one attached hydrogen (secondary N) is 2. The Morgan fingerprint density at radius 1 is 1.38 bits per heavy atom. The molecule has 1 aromatic heterocycles. The van der Waals surface area contributed by atoms with Crippen LogP contribution in [0.3, 0.4) is 0 Å². The predicted molar refractivity (Wildman–Crippen MR) is 99.1 cm³/mol. The van der Waals surface area contributed by atoms with Crippen molar-refractivity contribution in [3.05, 3.63) is 41.8 Å². The van der Waals surface area contributed by atoms with Gasteiger partial charge in [0.1, 0.15) is 6.10 Å². The number of aromatic nitrogens is 2. The first kappa shape index (κ1) is 20.1. The molecule has 0 saturated carbocycles. The maximum atomic E-state index is 13.5. The molecule has 1 unspecified atom stereocenters. The number of para-hydroxylation sites is 1. The van der Waals surface area contributed by atoms with Gasteiger partial charge in [0.05, 0.1) is 13.1 Å². The van der Waals surface area contributed by atoms with E-state index in [1.165, 1.54) is 6.07 Å². The second kappa shape index (κ2) is 10.1. The summed E-state index contributed by atoms with van der Waals surface area (Å²) in [7, 11) is 1.65. The van der Waals surface area contributed by atoms with E-state index >= 15 is 0 Å². The Balaban J connectivity index is 0.00000288. The molecule has 0 aliphatic carbocycles. The molecule has 0 fully saturated rings. The molecule has 0 aliphatic rings. The number of benzene rings is 1. The van der Waals surface area contributed by atoms with Crippen molar-refractivity contribution in [1.82, 2.24) is 20.8 Å². The summed E-state index contributed by atoms with van der Waals surface area (Å²) in [6.45, 7) is 4.42. The van der Waals surface area contributed by atoms with Gasteiger partial charge in [-0.05, 0) is 19.1 Å². The molecular weight excluding hydrogens is 428 g/mol. The largest absolute Gasteiger partial charge is 0.486 e. The highest BCUT2D eigenvalue weighted by atomic mass is 127. The highest BCUT2D eigenvalue weighted by molar-refractivity contribution is 14.0. The Kier molecular flexibility index (Phi) is 8.44. The minimum Gasteiger partial charge on any atom is -0.486 e. The summed E-state index contributed by atoms with van der Waals surface area (Å²) in [5, 5.41) is 9.93. The van der Waals surface area contributed by atoms with Gasteiger partial charge in [-0.1, -0.05) is 17.3 Å². The third-order valence-corrected chi connectivity index (χ3v) is 2.93. The second-order valence-corrected chi connectivity index (χ2v) is 4.90. The van der Waals surface area contributed by atoms with Crippen LogP contribution in [0.15, 0.2) is 33.8 Å². The molecule has 2 rings (SSSR count). The molecule has 24 heavy (non-hydrogen) atoms. The summed E-state index contributed by atoms with van der Waals surface area (Å²) in [5.41, 5.74) is 0. The summed E-state index contributed by atoms with van der Waals surface area (Å²) < 4.78 is 24.0. The third-order valence-electron chi connectivity index (χ3n) is 2.93. The van der Waals surface area contributed by atoms with Crippen molar-refractivity contribution in [2.75, 3.05) is 13.6 Å². The van der Waals surface area contributed by atoms with E-state index in [1.54, 1.807) is 32.2 Å². The van der Waals surface area contributed by atoms with Crippen LogP contribution in [0.25, 0.3) is 0 Å². The standard InChI is InChI=1S/C15H20FN5O2.HI/c1-10(22-13-7-5-4-6-12(13)16)8-18-15(17-3)19-9-14-20-11(2)23-21-14;/h4-7,10H,8-9H2,1-3H3,(H2,17,18,19);1H. The van der Waals surface area contributed by atoms with Crippen LogP contribution in [0.4, 0.5) is 4.39 Å². The number of aryl methyl sites for hydroxylation is 1. The van der Waals surface area contributed by atoms with E-state index in [9.17, 15) is 4.39 Å². The Bertz CT molecular complexity index is 665. The Labute approximate surface area is 157 Å². The van der Waals surface area contributed by atoms with E-state index in [-0.39, 0.29) is 41.6 Å². The van der Waals surface area contributed by atoms with Crippen LogP contribution < -0.4 is 15.4 Å². The van der Waals surface area contributed by atoms with E-state index < -0.39 is 0 Å². The lowest BCUT2D eigenvalue weighted by atomic mass is 10.3. The molecule has 1 atom stereocenters. The van der Waals surface area contributed by atoms with Crippen LogP contribution >= 0.6 is 24.0 Å². The SMILES string of the molecule is CN=C(NCc1noc(C)n1)NCC(C)Oc1ccccc1F.I. The van der Waals surface area contributed by atoms with Gasteiger partial charge in [-0.15, -0.1) is 24.0 Å². The van der Waals surface area contributed by atoms with Gasteiger partial charge >= 0.3 is 0 Å². The van der Waals surface area contributed by atoms with E-state index in [2.05, 4.69) is 25.8 Å². The van der Waals surface area contributed by atoms with Gasteiger partial charge in [0, 0.05) is 14.0 Å². The molecule has 0 aliphatic heterocycles. The number of aliphatic imine (C=N–C) groups is 1. The number of rotatable bonds is 6. The van der Waals surface area contributed by atoms with Gasteiger partial charge < -0.3 is 19.9 Å². The molecule has 7 nitrogen and oxygen atoms in total. The second-order valence-electron chi connectivity index (χ2n) is 4.90. The van der Waals surface area contributed by atoms with Crippen molar-refractivity contribution in [1.29, 1.82) is 0 Å². The highest BCUT2D eigenvalue weighted by Gasteiger charge is 2.09. The summed E-state index contributed by atoms with van der Waals surface area (Å²) in [6, 6.07) is 6.31. The maximum absolute atomic E-state index is 13.5. The zero-order chi connectivity index (χ0) is 16.7.